The first-order valence-corrected chi connectivity index (χ1v) is 17.0. The lowest BCUT2D eigenvalue weighted by Gasteiger charge is -2.33. The van der Waals surface area contributed by atoms with E-state index >= 15 is 0 Å². The average Bonchev–Trinajstić information content (AvgIpc) is 3.64. The normalized spacial score (nSPS) is 14.1. The maximum Gasteiger partial charge on any atom is 0.0866 e. The van der Waals surface area contributed by atoms with Gasteiger partial charge in [-0.15, -0.1) is 0 Å². The van der Waals surface area contributed by atoms with Gasteiger partial charge in [0, 0.05) is 5.56 Å². The van der Waals surface area contributed by atoms with Crippen molar-refractivity contribution in [2.45, 2.75) is 12.3 Å². The summed E-state index contributed by atoms with van der Waals surface area (Å²) < 4.78 is 0. The Balaban J connectivity index is 1.43. The van der Waals surface area contributed by atoms with Crippen LogP contribution < -0.4 is 5.73 Å². The first-order valence-electron chi connectivity index (χ1n) is 17.0. The van der Waals surface area contributed by atoms with Crippen LogP contribution in [0.4, 0.5) is 0 Å². The molecule has 0 amide bonds. The zero-order valence-electron chi connectivity index (χ0n) is 27.1. The van der Waals surface area contributed by atoms with E-state index in [-0.39, 0.29) is 0 Å². The molecule has 2 N–H and O–H groups in total. The first-order chi connectivity index (χ1) is 24.2. The average molecular weight is 625 g/mol. The summed E-state index contributed by atoms with van der Waals surface area (Å²) in [5.41, 5.74) is 20.1. The third-order valence-electron chi connectivity index (χ3n) is 10.7. The molecule has 8 aromatic rings. The molecule has 230 valence electrons. The van der Waals surface area contributed by atoms with Crippen LogP contribution in [-0.4, -0.2) is 4.98 Å². The van der Waals surface area contributed by atoms with Crippen molar-refractivity contribution in [1.29, 1.82) is 0 Å². The lowest BCUT2D eigenvalue weighted by molar-refractivity contribution is 0.809. The largest absolute Gasteiger partial charge is 0.397 e. The van der Waals surface area contributed by atoms with Crippen LogP contribution in [-0.2, 0) is 5.41 Å². The van der Waals surface area contributed by atoms with Crippen LogP contribution in [0.2, 0.25) is 0 Å². The van der Waals surface area contributed by atoms with E-state index in [4.69, 9.17) is 10.7 Å². The van der Waals surface area contributed by atoms with Gasteiger partial charge in [0.05, 0.1) is 22.5 Å². The zero-order chi connectivity index (χ0) is 32.7. The lowest BCUT2D eigenvalue weighted by atomic mass is 9.68. The second-order valence-electron chi connectivity index (χ2n) is 13.1. The van der Waals surface area contributed by atoms with E-state index in [1.54, 1.807) is 0 Å². The molecule has 0 bridgehead atoms. The van der Waals surface area contributed by atoms with Crippen molar-refractivity contribution >= 4 is 38.0 Å². The molecular formula is C47H32N2. The molecule has 0 saturated heterocycles. The highest BCUT2D eigenvalue weighted by Crippen LogP contribution is 2.67. The van der Waals surface area contributed by atoms with Crippen LogP contribution in [0.15, 0.2) is 164 Å². The van der Waals surface area contributed by atoms with Gasteiger partial charge in [0.25, 0.3) is 0 Å². The van der Waals surface area contributed by atoms with Gasteiger partial charge in [0.15, 0.2) is 0 Å². The van der Waals surface area contributed by atoms with Gasteiger partial charge in [-0.3, -0.25) is 0 Å². The Morgan fingerprint density at radius 2 is 1.08 bits per heavy atom. The van der Waals surface area contributed by atoms with Gasteiger partial charge in [0.2, 0.25) is 0 Å². The Labute approximate surface area is 285 Å². The van der Waals surface area contributed by atoms with Gasteiger partial charge < -0.3 is 5.73 Å². The van der Waals surface area contributed by atoms with Crippen molar-refractivity contribution < 1.29 is 0 Å². The second kappa shape index (κ2) is 10.4. The second-order valence-corrected chi connectivity index (χ2v) is 13.1. The number of hydrogen-bond donors (Lipinski definition) is 1. The fraction of sp³-hybridized carbons (Fsp3) is 0.0426. The summed E-state index contributed by atoms with van der Waals surface area (Å²) in [6.07, 6.45) is 5.85. The number of nitrogens with two attached hydrogens (primary N) is 1. The quantitative estimate of drug-likeness (QED) is 0.157. The van der Waals surface area contributed by atoms with Crippen LogP contribution in [0, 0.1) is 0 Å². The predicted octanol–water partition coefficient (Wildman–Crippen LogP) is 11.4. The maximum atomic E-state index is 6.53. The summed E-state index contributed by atoms with van der Waals surface area (Å²) in [6.45, 7) is 1.99. The maximum absolute atomic E-state index is 6.53. The summed E-state index contributed by atoms with van der Waals surface area (Å²) >= 11 is 0. The number of rotatable bonds is 3. The molecule has 1 aromatic heterocycles. The van der Waals surface area contributed by atoms with E-state index in [1.807, 2.05) is 31.2 Å². The van der Waals surface area contributed by atoms with Crippen LogP contribution in [0.5, 0.6) is 0 Å². The number of aromatic nitrogens is 1. The summed E-state index contributed by atoms with van der Waals surface area (Å²) in [5.74, 6) is 0. The highest BCUT2D eigenvalue weighted by Gasteiger charge is 2.54. The van der Waals surface area contributed by atoms with Crippen molar-refractivity contribution in [3.8, 4) is 33.5 Å². The molecule has 0 fully saturated rings. The lowest BCUT2D eigenvalue weighted by Crippen LogP contribution is -2.26. The van der Waals surface area contributed by atoms with E-state index < -0.39 is 5.41 Å². The Bertz CT molecular complexity index is 2700. The minimum atomic E-state index is -0.505. The van der Waals surface area contributed by atoms with E-state index in [9.17, 15) is 0 Å². The highest BCUT2D eigenvalue weighted by molar-refractivity contribution is 6.22. The van der Waals surface area contributed by atoms with Crippen molar-refractivity contribution in [2.75, 3.05) is 0 Å². The van der Waals surface area contributed by atoms with Gasteiger partial charge in [-0.05, 0) is 108 Å². The van der Waals surface area contributed by atoms with Crippen molar-refractivity contribution in [3.05, 3.63) is 192 Å². The van der Waals surface area contributed by atoms with Gasteiger partial charge >= 0.3 is 0 Å². The monoisotopic (exact) mass is 624 g/mol. The van der Waals surface area contributed by atoms with Gasteiger partial charge in [-0.1, -0.05) is 140 Å². The molecule has 7 aromatic carbocycles. The number of benzene rings is 7. The number of pyridine rings is 1. The van der Waals surface area contributed by atoms with E-state index in [0.717, 1.165) is 17.0 Å². The molecule has 2 aliphatic carbocycles. The van der Waals surface area contributed by atoms with E-state index in [1.165, 1.54) is 76.8 Å². The molecule has 2 heteroatoms. The van der Waals surface area contributed by atoms with Crippen LogP contribution in [0.3, 0.4) is 0 Å². The molecule has 0 atom stereocenters. The summed E-state index contributed by atoms with van der Waals surface area (Å²) in [5, 5.41) is 7.56. The zero-order valence-corrected chi connectivity index (χ0v) is 27.1. The fourth-order valence-electron chi connectivity index (χ4n) is 8.93. The highest BCUT2D eigenvalue weighted by atomic mass is 14.8. The molecule has 0 unspecified atom stereocenters. The molecule has 49 heavy (non-hydrogen) atoms. The third kappa shape index (κ3) is 3.63. The molecular weight excluding hydrogens is 593 g/mol. The van der Waals surface area contributed by atoms with E-state index in [0.29, 0.717) is 5.70 Å². The molecule has 0 saturated carbocycles. The van der Waals surface area contributed by atoms with Crippen LogP contribution >= 0.6 is 0 Å². The third-order valence-corrected chi connectivity index (χ3v) is 10.7. The van der Waals surface area contributed by atoms with Gasteiger partial charge in [-0.25, -0.2) is 4.98 Å². The molecule has 2 nitrogen and oxygen atoms in total. The number of hydrogen-bond acceptors (Lipinski definition) is 2. The fourth-order valence-corrected chi connectivity index (χ4v) is 8.93. The first kappa shape index (κ1) is 27.8. The Hall–Kier alpha value is -6.25. The molecule has 10 rings (SSSR count). The molecule has 0 radical (unpaired) electrons. The summed E-state index contributed by atoms with van der Waals surface area (Å²) in [4.78, 5) is 5.17. The summed E-state index contributed by atoms with van der Waals surface area (Å²) in [7, 11) is 0. The van der Waals surface area contributed by atoms with Crippen molar-refractivity contribution in [3.63, 3.8) is 0 Å². The Morgan fingerprint density at radius 1 is 0.531 bits per heavy atom. The van der Waals surface area contributed by atoms with E-state index in [2.05, 4.69) is 140 Å². The van der Waals surface area contributed by atoms with Crippen molar-refractivity contribution in [2.24, 2.45) is 5.73 Å². The Morgan fingerprint density at radius 3 is 1.76 bits per heavy atom. The number of allylic oxidation sites excluding steroid dienone is 3. The molecule has 2 aliphatic rings. The SMILES string of the molecule is C/C=C\C=C(/N)c1cccc(-c2cc3c(c4ccccc24)C2(c4ccccc4-c4ccccc42)c2c-3c3ccccc3c3ccccc23)n1. The molecule has 0 aliphatic heterocycles. The number of fused-ring (bicyclic) bond motifs is 17. The van der Waals surface area contributed by atoms with Crippen LogP contribution in [0.1, 0.15) is 34.9 Å². The Kier molecular flexibility index (Phi) is 5.89. The molecule has 1 spiro atoms. The minimum absolute atomic E-state index is 0.505. The minimum Gasteiger partial charge on any atom is -0.397 e. The van der Waals surface area contributed by atoms with Gasteiger partial charge in [-0.2, -0.15) is 0 Å². The van der Waals surface area contributed by atoms with Crippen LogP contribution in [0.25, 0.3) is 71.5 Å². The molecule has 1 heterocycles. The predicted molar refractivity (Wildman–Crippen MR) is 205 cm³/mol. The van der Waals surface area contributed by atoms with Gasteiger partial charge in [0.1, 0.15) is 0 Å². The number of nitrogens with zero attached hydrogens (tertiary/aromatic N) is 1. The smallest absolute Gasteiger partial charge is 0.0866 e. The topological polar surface area (TPSA) is 38.9 Å². The summed E-state index contributed by atoms with van der Waals surface area (Å²) in [6, 6.07) is 53.6. The standard InChI is InChI=1S/C47H32N2/c1-2-3-25-41(48)43-27-14-26-42(49-43)37-28-38-44-34-20-7-4-15-29(34)30-16-5-9-22-36(30)46(44)47(45(38)35-21-8-6-17-31(35)37)39-23-12-10-18-32(39)33-19-11-13-24-40(33)47/h2-28H,48H2,1H3/b3-2-,41-25-. The van der Waals surface area contributed by atoms with Crippen molar-refractivity contribution in [1.82, 2.24) is 4.98 Å².